The Morgan fingerprint density at radius 1 is 1.53 bits per heavy atom. The van der Waals surface area contributed by atoms with Gasteiger partial charge in [-0.3, -0.25) is 4.79 Å². The molecule has 1 aromatic heterocycles. The van der Waals surface area contributed by atoms with Gasteiger partial charge in [-0.2, -0.15) is 0 Å². The van der Waals surface area contributed by atoms with Gasteiger partial charge in [-0.1, -0.05) is 15.9 Å². The van der Waals surface area contributed by atoms with Crippen LogP contribution in [0.2, 0.25) is 0 Å². The lowest BCUT2D eigenvalue weighted by Gasteiger charge is -2.34. The van der Waals surface area contributed by atoms with E-state index in [-0.39, 0.29) is 11.9 Å². The normalized spacial score (nSPS) is 20.6. The van der Waals surface area contributed by atoms with Crippen LogP contribution in [0, 0.1) is 13.8 Å². The van der Waals surface area contributed by atoms with Crippen LogP contribution < -0.4 is 0 Å². The number of oxazole rings is 1. The van der Waals surface area contributed by atoms with Gasteiger partial charge in [0.05, 0.1) is 5.69 Å². The minimum Gasteiger partial charge on any atom is -0.436 e. The maximum Gasteiger partial charge on any atom is 0.291 e. The van der Waals surface area contributed by atoms with Crippen molar-refractivity contribution in [3.8, 4) is 0 Å². The summed E-state index contributed by atoms with van der Waals surface area (Å²) in [4.78, 5) is 18.4. The van der Waals surface area contributed by atoms with Gasteiger partial charge in [0.25, 0.3) is 5.91 Å². The molecule has 0 saturated carbocycles. The van der Waals surface area contributed by atoms with Crippen molar-refractivity contribution in [1.82, 2.24) is 9.88 Å². The molecule has 4 nitrogen and oxygen atoms in total. The number of carbonyl (C=O) groups is 1. The third kappa shape index (κ3) is 2.54. The number of aromatic nitrogens is 1. The predicted molar refractivity (Wildman–Crippen MR) is 68.4 cm³/mol. The number of aryl methyl sites for hydroxylation is 2. The summed E-state index contributed by atoms with van der Waals surface area (Å²) < 4.78 is 5.40. The van der Waals surface area contributed by atoms with E-state index in [1.165, 1.54) is 6.42 Å². The van der Waals surface area contributed by atoms with Crippen molar-refractivity contribution in [3.63, 3.8) is 0 Å². The zero-order valence-electron chi connectivity index (χ0n) is 10.2. The number of rotatable bonds is 2. The fourth-order valence-corrected chi connectivity index (χ4v) is 2.96. The molecule has 0 N–H and O–H groups in total. The first-order chi connectivity index (χ1) is 8.13. The highest BCUT2D eigenvalue weighted by Crippen LogP contribution is 2.22. The van der Waals surface area contributed by atoms with Crippen molar-refractivity contribution in [2.75, 3.05) is 11.9 Å². The standard InChI is InChI=1S/C12H17BrN2O2/c1-8-11(17-9(2)14-8)12(16)15-6-4-3-5-10(15)7-13/h10H,3-7H2,1-2H3. The first-order valence-electron chi connectivity index (χ1n) is 5.94. The van der Waals surface area contributed by atoms with Gasteiger partial charge in [0, 0.05) is 24.8 Å². The number of carbonyl (C=O) groups excluding carboxylic acids is 1. The molecule has 2 heterocycles. The molecule has 0 spiro atoms. The lowest BCUT2D eigenvalue weighted by atomic mass is 10.0. The van der Waals surface area contributed by atoms with Crippen LogP contribution in [0.15, 0.2) is 4.42 Å². The van der Waals surface area contributed by atoms with Crippen LogP contribution >= 0.6 is 15.9 Å². The summed E-state index contributed by atoms with van der Waals surface area (Å²) in [7, 11) is 0. The van der Waals surface area contributed by atoms with Crippen molar-refractivity contribution < 1.29 is 9.21 Å². The molecule has 1 aliphatic heterocycles. The highest BCUT2D eigenvalue weighted by molar-refractivity contribution is 9.09. The topological polar surface area (TPSA) is 46.3 Å². The summed E-state index contributed by atoms with van der Waals surface area (Å²) in [5, 5.41) is 0.824. The molecular weight excluding hydrogens is 284 g/mol. The molecule has 1 aromatic rings. The van der Waals surface area contributed by atoms with Crippen molar-refractivity contribution in [2.24, 2.45) is 0 Å². The van der Waals surface area contributed by atoms with E-state index in [0.717, 1.165) is 24.7 Å². The smallest absolute Gasteiger partial charge is 0.291 e. The summed E-state index contributed by atoms with van der Waals surface area (Å²) in [6, 6.07) is 0.279. The summed E-state index contributed by atoms with van der Waals surface area (Å²) in [6.07, 6.45) is 3.32. The molecule has 0 aliphatic carbocycles. The van der Waals surface area contributed by atoms with Crippen molar-refractivity contribution >= 4 is 21.8 Å². The maximum absolute atomic E-state index is 12.4. The zero-order chi connectivity index (χ0) is 12.4. The molecule has 1 saturated heterocycles. The first kappa shape index (κ1) is 12.6. The lowest BCUT2D eigenvalue weighted by molar-refractivity contribution is 0.0607. The molecule has 94 valence electrons. The van der Waals surface area contributed by atoms with Gasteiger partial charge in [-0.25, -0.2) is 4.98 Å². The van der Waals surface area contributed by atoms with E-state index in [2.05, 4.69) is 20.9 Å². The first-order valence-corrected chi connectivity index (χ1v) is 7.06. The van der Waals surface area contributed by atoms with E-state index < -0.39 is 0 Å². The molecule has 17 heavy (non-hydrogen) atoms. The molecule has 0 bridgehead atoms. The van der Waals surface area contributed by atoms with E-state index in [1.54, 1.807) is 6.92 Å². The lowest BCUT2D eigenvalue weighted by Crippen LogP contribution is -2.44. The summed E-state index contributed by atoms with van der Waals surface area (Å²) >= 11 is 3.48. The highest BCUT2D eigenvalue weighted by atomic mass is 79.9. The Labute approximate surface area is 110 Å². The second kappa shape index (κ2) is 5.21. The van der Waals surface area contributed by atoms with Crippen LogP contribution in [-0.4, -0.2) is 33.7 Å². The number of hydrogen-bond acceptors (Lipinski definition) is 3. The number of amides is 1. The van der Waals surface area contributed by atoms with Crippen LogP contribution in [0.4, 0.5) is 0 Å². The molecule has 1 fully saturated rings. The van der Waals surface area contributed by atoms with Gasteiger partial charge in [0.15, 0.2) is 5.89 Å². The monoisotopic (exact) mass is 300 g/mol. The number of likely N-dealkylation sites (tertiary alicyclic amines) is 1. The molecule has 5 heteroatoms. The zero-order valence-corrected chi connectivity index (χ0v) is 11.8. The van der Waals surface area contributed by atoms with Crippen molar-refractivity contribution in [3.05, 3.63) is 17.3 Å². The number of halogens is 1. The Bertz CT molecular complexity index is 417. The Kier molecular flexibility index (Phi) is 3.86. The van der Waals surface area contributed by atoms with E-state index in [9.17, 15) is 4.79 Å². The average molecular weight is 301 g/mol. The SMILES string of the molecule is Cc1nc(C)c(C(=O)N2CCCCC2CBr)o1. The van der Waals surface area contributed by atoms with E-state index in [4.69, 9.17) is 4.42 Å². The number of hydrogen-bond donors (Lipinski definition) is 0. The molecule has 1 atom stereocenters. The maximum atomic E-state index is 12.4. The van der Waals surface area contributed by atoms with Crippen LogP contribution in [0.1, 0.15) is 41.4 Å². The van der Waals surface area contributed by atoms with Crippen LogP contribution in [0.5, 0.6) is 0 Å². The minimum atomic E-state index is -0.0211. The fourth-order valence-electron chi connectivity index (χ4n) is 2.29. The molecule has 1 aliphatic rings. The van der Waals surface area contributed by atoms with Crippen molar-refractivity contribution in [2.45, 2.75) is 39.2 Å². The van der Waals surface area contributed by atoms with Crippen molar-refractivity contribution in [1.29, 1.82) is 0 Å². The Balaban J connectivity index is 2.21. The fraction of sp³-hybridized carbons (Fsp3) is 0.667. The van der Waals surface area contributed by atoms with E-state index in [0.29, 0.717) is 17.3 Å². The Morgan fingerprint density at radius 2 is 2.29 bits per heavy atom. The molecule has 0 aromatic carbocycles. The molecule has 1 amide bonds. The van der Waals surface area contributed by atoms with E-state index >= 15 is 0 Å². The summed E-state index contributed by atoms with van der Waals surface area (Å²) in [5.41, 5.74) is 0.686. The second-order valence-corrected chi connectivity index (χ2v) is 5.10. The van der Waals surface area contributed by atoms with Crippen LogP contribution in [0.3, 0.4) is 0 Å². The van der Waals surface area contributed by atoms with Gasteiger partial charge in [-0.05, 0) is 26.2 Å². The third-order valence-corrected chi connectivity index (χ3v) is 3.91. The number of nitrogens with zero attached hydrogens (tertiary/aromatic N) is 2. The van der Waals surface area contributed by atoms with Crippen LogP contribution in [0.25, 0.3) is 0 Å². The van der Waals surface area contributed by atoms with Gasteiger partial charge < -0.3 is 9.32 Å². The highest BCUT2D eigenvalue weighted by Gasteiger charge is 2.29. The van der Waals surface area contributed by atoms with Gasteiger partial charge in [0.2, 0.25) is 5.76 Å². The van der Waals surface area contributed by atoms with E-state index in [1.807, 2.05) is 11.8 Å². The minimum absolute atomic E-state index is 0.0211. The van der Waals surface area contributed by atoms with Gasteiger partial charge >= 0.3 is 0 Å². The van der Waals surface area contributed by atoms with Gasteiger partial charge in [0.1, 0.15) is 0 Å². The average Bonchev–Trinajstić information content (AvgIpc) is 2.67. The molecular formula is C12H17BrN2O2. The number of alkyl halides is 1. The largest absolute Gasteiger partial charge is 0.436 e. The summed E-state index contributed by atoms with van der Waals surface area (Å²) in [5.74, 6) is 0.931. The Morgan fingerprint density at radius 3 is 2.88 bits per heavy atom. The molecule has 2 rings (SSSR count). The van der Waals surface area contributed by atoms with Gasteiger partial charge in [-0.15, -0.1) is 0 Å². The number of piperidine rings is 1. The Hall–Kier alpha value is -0.840. The third-order valence-electron chi connectivity index (χ3n) is 3.16. The summed E-state index contributed by atoms with van der Waals surface area (Å²) in [6.45, 7) is 4.40. The quantitative estimate of drug-likeness (QED) is 0.789. The predicted octanol–water partition coefficient (Wildman–Crippen LogP) is 2.68. The van der Waals surface area contributed by atoms with Crippen LogP contribution in [-0.2, 0) is 0 Å². The second-order valence-electron chi connectivity index (χ2n) is 4.45. The molecule has 1 unspecified atom stereocenters. The molecule has 0 radical (unpaired) electrons.